The minimum Gasteiger partial charge on any atom is -0.462 e. The van der Waals surface area contributed by atoms with Crippen molar-refractivity contribution in [2.24, 2.45) is 0 Å². The van der Waals surface area contributed by atoms with Crippen molar-refractivity contribution in [3.8, 4) is 0 Å². The highest BCUT2D eigenvalue weighted by Gasteiger charge is 2.28. The Morgan fingerprint density at radius 3 is 1.76 bits per heavy atom. The summed E-state index contributed by atoms with van der Waals surface area (Å²) in [5.41, 5.74) is 0. The fourth-order valence-corrected chi connectivity index (χ4v) is 2.40. The number of carbonyl (C=O) groups excluding carboxylic acids is 2. The molecule has 0 aliphatic carbocycles. The van der Waals surface area contributed by atoms with Gasteiger partial charge in [-0.3, -0.25) is 9.59 Å². The molecular weight excluding hydrogens is 220 g/mol. The third-order valence-corrected chi connectivity index (χ3v) is 3.33. The molecule has 90 valence electrons. The summed E-state index contributed by atoms with van der Waals surface area (Å²) < 4.78 is 5.72. The van der Waals surface area contributed by atoms with E-state index in [0.29, 0.717) is 12.8 Å². The van der Waals surface area contributed by atoms with Crippen LogP contribution in [-0.2, 0) is 9.59 Å². The molecule has 2 saturated heterocycles. The van der Waals surface area contributed by atoms with Gasteiger partial charge in [-0.2, -0.15) is 0 Å². The lowest BCUT2D eigenvalue weighted by atomic mass is 10.2. The Morgan fingerprint density at radius 2 is 1.41 bits per heavy atom. The molecule has 0 radical (unpaired) electrons. The van der Waals surface area contributed by atoms with Gasteiger partial charge in [0.05, 0.1) is 12.1 Å². The molecule has 2 amide bonds. The fraction of sp³-hybridized carbons (Fsp3) is 0.500. The van der Waals surface area contributed by atoms with Crippen LogP contribution in [-0.4, -0.2) is 11.8 Å². The maximum absolute atomic E-state index is 11.1. The van der Waals surface area contributed by atoms with Crippen LogP contribution in [0.5, 0.6) is 0 Å². The monoisotopic (exact) mass is 234 g/mol. The van der Waals surface area contributed by atoms with Crippen molar-refractivity contribution >= 4 is 11.8 Å². The number of hydrogen-bond acceptors (Lipinski definition) is 3. The van der Waals surface area contributed by atoms with Crippen molar-refractivity contribution in [1.82, 2.24) is 10.6 Å². The molecule has 2 unspecified atom stereocenters. The minimum absolute atomic E-state index is 0.00615. The molecule has 0 saturated carbocycles. The molecule has 3 heterocycles. The van der Waals surface area contributed by atoms with E-state index in [1.54, 1.807) is 0 Å². The first-order valence-corrected chi connectivity index (χ1v) is 5.91. The number of amides is 2. The number of hydrogen-bond donors (Lipinski definition) is 2. The first-order chi connectivity index (χ1) is 8.22. The first kappa shape index (κ1) is 10.4. The molecule has 2 N–H and O–H groups in total. The minimum atomic E-state index is -0.00615. The zero-order valence-electron chi connectivity index (χ0n) is 9.36. The van der Waals surface area contributed by atoms with Crippen LogP contribution in [0.1, 0.15) is 49.3 Å². The van der Waals surface area contributed by atoms with Gasteiger partial charge >= 0.3 is 0 Å². The molecule has 5 heteroatoms. The lowest BCUT2D eigenvalue weighted by molar-refractivity contribution is -0.120. The van der Waals surface area contributed by atoms with Crippen LogP contribution in [0, 0.1) is 0 Å². The smallest absolute Gasteiger partial charge is 0.220 e. The summed E-state index contributed by atoms with van der Waals surface area (Å²) in [5.74, 6) is 1.71. The zero-order chi connectivity index (χ0) is 11.8. The number of carbonyl (C=O) groups is 2. The Hall–Kier alpha value is -1.78. The summed E-state index contributed by atoms with van der Waals surface area (Å²) >= 11 is 0. The van der Waals surface area contributed by atoms with Gasteiger partial charge in [0.15, 0.2) is 0 Å². The average molecular weight is 234 g/mol. The van der Waals surface area contributed by atoms with Crippen molar-refractivity contribution in [2.75, 3.05) is 0 Å². The van der Waals surface area contributed by atoms with Crippen LogP contribution in [0.2, 0.25) is 0 Å². The molecule has 2 aliphatic rings. The maximum Gasteiger partial charge on any atom is 0.220 e. The SMILES string of the molecule is O=C1CCC(c2ccc(C3CCC(=O)N3)o2)N1. The third kappa shape index (κ3) is 1.92. The molecule has 5 nitrogen and oxygen atoms in total. The van der Waals surface area contributed by atoms with Crippen molar-refractivity contribution in [3.63, 3.8) is 0 Å². The maximum atomic E-state index is 11.1. The molecule has 2 aliphatic heterocycles. The molecule has 2 fully saturated rings. The summed E-state index contributed by atoms with van der Waals surface area (Å²) in [4.78, 5) is 22.2. The van der Waals surface area contributed by atoms with Crippen LogP contribution in [0.3, 0.4) is 0 Å². The van der Waals surface area contributed by atoms with Gasteiger partial charge in [-0.25, -0.2) is 0 Å². The van der Waals surface area contributed by atoms with Gasteiger partial charge < -0.3 is 15.1 Å². The highest BCUT2D eigenvalue weighted by atomic mass is 16.3. The van der Waals surface area contributed by atoms with Crippen LogP contribution >= 0.6 is 0 Å². The van der Waals surface area contributed by atoms with Crippen molar-refractivity contribution in [3.05, 3.63) is 23.7 Å². The predicted octanol–water partition coefficient (Wildman–Crippen LogP) is 1.18. The standard InChI is InChI=1S/C12H14N2O3/c15-11-5-1-7(13-11)9-3-4-10(17-9)8-2-6-12(16)14-8/h3-4,7-8H,1-2,5-6H2,(H,13,15)(H,14,16). The topological polar surface area (TPSA) is 71.3 Å². The Bertz CT molecular complexity index is 426. The van der Waals surface area contributed by atoms with Crippen molar-refractivity contribution in [1.29, 1.82) is 0 Å². The van der Waals surface area contributed by atoms with E-state index in [1.165, 1.54) is 0 Å². The highest BCUT2D eigenvalue weighted by molar-refractivity contribution is 5.79. The summed E-state index contributed by atoms with van der Waals surface area (Å²) in [6.07, 6.45) is 2.67. The lowest BCUT2D eigenvalue weighted by Crippen LogP contribution is -2.18. The van der Waals surface area contributed by atoms with Crippen LogP contribution in [0.25, 0.3) is 0 Å². The number of rotatable bonds is 2. The van der Waals surface area contributed by atoms with E-state index in [1.807, 2.05) is 12.1 Å². The van der Waals surface area contributed by atoms with Crippen molar-refractivity contribution in [2.45, 2.75) is 37.8 Å². The third-order valence-electron chi connectivity index (χ3n) is 3.33. The lowest BCUT2D eigenvalue weighted by Gasteiger charge is -2.08. The summed E-state index contributed by atoms with van der Waals surface area (Å²) in [7, 11) is 0. The first-order valence-electron chi connectivity index (χ1n) is 5.91. The summed E-state index contributed by atoms with van der Waals surface area (Å²) in [6, 6.07) is 3.76. The Kier molecular flexibility index (Phi) is 2.39. The second-order valence-electron chi connectivity index (χ2n) is 4.56. The van der Waals surface area contributed by atoms with Crippen LogP contribution < -0.4 is 10.6 Å². The van der Waals surface area contributed by atoms with E-state index in [0.717, 1.165) is 24.4 Å². The quantitative estimate of drug-likeness (QED) is 0.807. The number of furan rings is 1. The molecule has 2 atom stereocenters. The van der Waals surface area contributed by atoms with E-state index in [2.05, 4.69) is 10.6 Å². The summed E-state index contributed by atoms with van der Waals surface area (Å²) in [6.45, 7) is 0. The highest BCUT2D eigenvalue weighted by Crippen LogP contribution is 2.30. The molecule has 0 spiro atoms. The molecule has 3 rings (SSSR count). The Labute approximate surface area is 98.6 Å². The Balaban J connectivity index is 1.74. The molecule has 1 aromatic rings. The second kappa shape index (κ2) is 3.91. The van der Waals surface area contributed by atoms with Crippen LogP contribution in [0.15, 0.2) is 16.5 Å². The average Bonchev–Trinajstić information content (AvgIpc) is 2.96. The van der Waals surface area contributed by atoms with Gasteiger partial charge in [0.2, 0.25) is 11.8 Å². The molecule has 0 aromatic carbocycles. The molecular formula is C12H14N2O3. The van der Waals surface area contributed by atoms with Gasteiger partial charge in [-0.15, -0.1) is 0 Å². The van der Waals surface area contributed by atoms with E-state index < -0.39 is 0 Å². The second-order valence-corrected chi connectivity index (χ2v) is 4.56. The zero-order valence-corrected chi connectivity index (χ0v) is 9.36. The van der Waals surface area contributed by atoms with Gasteiger partial charge in [-0.05, 0) is 25.0 Å². The predicted molar refractivity (Wildman–Crippen MR) is 58.9 cm³/mol. The van der Waals surface area contributed by atoms with E-state index >= 15 is 0 Å². The molecule has 1 aromatic heterocycles. The summed E-state index contributed by atoms with van der Waals surface area (Å²) in [5, 5.41) is 5.73. The molecule has 17 heavy (non-hydrogen) atoms. The number of nitrogens with one attached hydrogen (secondary N) is 2. The normalized spacial score (nSPS) is 28.2. The molecule has 0 bridgehead atoms. The van der Waals surface area contributed by atoms with Crippen LogP contribution in [0.4, 0.5) is 0 Å². The van der Waals surface area contributed by atoms with Crippen molar-refractivity contribution < 1.29 is 14.0 Å². The van der Waals surface area contributed by atoms with Gasteiger partial charge in [-0.1, -0.05) is 0 Å². The van der Waals surface area contributed by atoms with Gasteiger partial charge in [0.1, 0.15) is 11.5 Å². The van der Waals surface area contributed by atoms with E-state index in [9.17, 15) is 9.59 Å². The van der Waals surface area contributed by atoms with Gasteiger partial charge in [0, 0.05) is 12.8 Å². The largest absolute Gasteiger partial charge is 0.462 e. The van der Waals surface area contributed by atoms with Gasteiger partial charge in [0.25, 0.3) is 0 Å². The fourth-order valence-electron chi connectivity index (χ4n) is 2.40. The van der Waals surface area contributed by atoms with E-state index in [4.69, 9.17) is 4.42 Å². The Morgan fingerprint density at radius 1 is 0.941 bits per heavy atom. The van der Waals surface area contributed by atoms with E-state index in [-0.39, 0.29) is 23.9 Å².